The minimum Gasteiger partial charge on any atom is -0.298 e. The van der Waals surface area contributed by atoms with Gasteiger partial charge in [0.15, 0.2) is 5.11 Å². The van der Waals surface area contributed by atoms with Crippen LogP contribution in [0.5, 0.6) is 0 Å². The highest BCUT2D eigenvalue weighted by atomic mass is 35.5. The van der Waals surface area contributed by atoms with Crippen molar-refractivity contribution >= 4 is 64.5 Å². The number of rotatable bonds is 4. The molecule has 0 atom stereocenters. The summed E-state index contributed by atoms with van der Waals surface area (Å²) in [5, 5.41) is 12.5. The Morgan fingerprint density at radius 1 is 0.931 bits per heavy atom. The van der Waals surface area contributed by atoms with Crippen molar-refractivity contribution in [2.24, 2.45) is 0 Å². The zero-order chi connectivity index (χ0) is 21.2. The normalized spacial score (nSPS) is 10.9. The van der Waals surface area contributed by atoms with Gasteiger partial charge in [0, 0.05) is 16.1 Å². The van der Waals surface area contributed by atoms with Crippen molar-refractivity contribution in [1.29, 1.82) is 5.26 Å². The van der Waals surface area contributed by atoms with E-state index >= 15 is 0 Å². The summed E-state index contributed by atoms with van der Waals surface area (Å²) in [6, 6.07) is 15.3. The summed E-state index contributed by atoms with van der Waals surface area (Å²) in [4.78, 5) is 23.9. The predicted molar refractivity (Wildman–Crippen MR) is 118 cm³/mol. The van der Waals surface area contributed by atoms with E-state index in [1.165, 1.54) is 12.2 Å². The molecule has 0 saturated carbocycles. The highest BCUT2D eigenvalue weighted by Crippen LogP contribution is 2.12. The number of hydrogen-bond acceptors (Lipinski definition) is 4. The van der Waals surface area contributed by atoms with Crippen LogP contribution in [-0.4, -0.2) is 16.9 Å². The fraction of sp³-hybridized carbons (Fsp3) is 0. The molecule has 9 heteroatoms. The molecular weight excluding hydrogens is 431 g/mol. The van der Waals surface area contributed by atoms with Gasteiger partial charge in [0.1, 0.15) is 11.6 Å². The molecule has 146 valence electrons. The maximum atomic E-state index is 12.1. The molecule has 29 heavy (non-hydrogen) atoms. The van der Waals surface area contributed by atoms with Gasteiger partial charge in [-0.2, -0.15) is 5.26 Å². The quantitative estimate of drug-likeness (QED) is 0.289. The van der Waals surface area contributed by atoms with E-state index in [9.17, 15) is 9.59 Å². The third-order valence-electron chi connectivity index (χ3n) is 3.37. The maximum Gasteiger partial charge on any atom is 0.280 e. The lowest BCUT2D eigenvalue weighted by molar-refractivity contribution is -0.118. The van der Waals surface area contributed by atoms with E-state index in [-0.39, 0.29) is 10.7 Å². The maximum absolute atomic E-state index is 12.1. The first-order valence-corrected chi connectivity index (χ1v) is 9.26. The molecule has 0 saturated heterocycles. The molecule has 0 aromatic heterocycles. The molecule has 0 aliphatic carbocycles. The summed E-state index contributed by atoms with van der Waals surface area (Å²) >= 11 is 16.5. The standard InChI is InChI=1S/C20H14Cl2N4O2S/c21-16-6-1-13(2-7-16)5-10-18(27)24-20(29)26-25-19(28)15(12-23)11-14-3-8-17(22)9-4-14/h1-11H,(H,25,28)(H2,24,26,27,29)/b10-5+,15-11-. The highest BCUT2D eigenvalue weighted by Gasteiger charge is 2.10. The van der Waals surface area contributed by atoms with E-state index < -0.39 is 11.8 Å². The Labute approximate surface area is 182 Å². The monoisotopic (exact) mass is 444 g/mol. The average Bonchev–Trinajstić information content (AvgIpc) is 2.71. The molecule has 2 rings (SSSR count). The fourth-order valence-electron chi connectivity index (χ4n) is 1.99. The summed E-state index contributed by atoms with van der Waals surface area (Å²) in [5.41, 5.74) is 5.87. The van der Waals surface area contributed by atoms with E-state index in [1.54, 1.807) is 60.7 Å². The number of nitriles is 1. The predicted octanol–water partition coefficient (Wildman–Crippen LogP) is 3.64. The van der Waals surface area contributed by atoms with Gasteiger partial charge in [0.25, 0.3) is 5.91 Å². The highest BCUT2D eigenvalue weighted by molar-refractivity contribution is 7.80. The van der Waals surface area contributed by atoms with Crippen molar-refractivity contribution in [3.05, 3.63) is 81.4 Å². The van der Waals surface area contributed by atoms with Gasteiger partial charge in [-0.1, -0.05) is 47.5 Å². The molecule has 0 heterocycles. The Morgan fingerprint density at radius 3 is 2.03 bits per heavy atom. The Kier molecular flexibility index (Phi) is 8.37. The van der Waals surface area contributed by atoms with Crippen LogP contribution >= 0.6 is 35.4 Å². The van der Waals surface area contributed by atoms with E-state index in [0.29, 0.717) is 15.6 Å². The van der Waals surface area contributed by atoms with Gasteiger partial charge < -0.3 is 0 Å². The van der Waals surface area contributed by atoms with Crippen LogP contribution in [0.1, 0.15) is 11.1 Å². The number of nitrogens with one attached hydrogen (secondary N) is 3. The van der Waals surface area contributed by atoms with Crippen LogP contribution in [0.2, 0.25) is 10.0 Å². The minimum atomic E-state index is -0.712. The summed E-state index contributed by atoms with van der Waals surface area (Å²) in [5.74, 6) is -1.21. The molecule has 6 nitrogen and oxygen atoms in total. The average molecular weight is 445 g/mol. The van der Waals surface area contributed by atoms with Crippen LogP contribution in [0.4, 0.5) is 0 Å². The van der Waals surface area contributed by atoms with Crippen LogP contribution in [0.25, 0.3) is 12.2 Å². The molecule has 0 unspecified atom stereocenters. The topological polar surface area (TPSA) is 94.0 Å². The van der Waals surface area contributed by atoms with Gasteiger partial charge in [-0.05, 0) is 59.8 Å². The van der Waals surface area contributed by atoms with Crippen molar-refractivity contribution in [2.45, 2.75) is 0 Å². The second kappa shape index (κ2) is 11.0. The summed E-state index contributed by atoms with van der Waals surface area (Å²) in [6.45, 7) is 0. The van der Waals surface area contributed by atoms with Crippen molar-refractivity contribution in [1.82, 2.24) is 16.2 Å². The van der Waals surface area contributed by atoms with Crippen LogP contribution in [0, 0.1) is 11.3 Å². The smallest absolute Gasteiger partial charge is 0.280 e. The van der Waals surface area contributed by atoms with E-state index in [2.05, 4.69) is 16.2 Å². The SMILES string of the molecule is N#C/C(=C/c1ccc(Cl)cc1)C(=O)NNC(=S)NC(=O)/C=C/c1ccc(Cl)cc1. The summed E-state index contributed by atoms with van der Waals surface area (Å²) in [7, 11) is 0. The number of hydrazine groups is 1. The van der Waals surface area contributed by atoms with Gasteiger partial charge in [0.05, 0.1) is 0 Å². The Balaban J connectivity index is 1.86. The summed E-state index contributed by atoms with van der Waals surface area (Å²) in [6.07, 6.45) is 4.25. The van der Waals surface area contributed by atoms with Gasteiger partial charge in [-0.15, -0.1) is 0 Å². The van der Waals surface area contributed by atoms with Crippen molar-refractivity contribution in [3.8, 4) is 6.07 Å². The van der Waals surface area contributed by atoms with Crippen LogP contribution in [0.3, 0.4) is 0 Å². The second-order valence-corrected chi connectivity index (χ2v) is 6.78. The molecule has 0 spiro atoms. The first kappa shape index (κ1) is 22.1. The third kappa shape index (κ3) is 7.76. The molecule has 0 aliphatic rings. The Hall–Kier alpha value is -3.18. The zero-order valence-electron chi connectivity index (χ0n) is 14.8. The van der Waals surface area contributed by atoms with Gasteiger partial charge in [-0.3, -0.25) is 25.8 Å². The number of halogens is 2. The molecule has 3 N–H and O–H groups in total. The third-order valence-corrected chi connectivity index (χ3v) is 4.08. The summed E-state index contributed by atoms with van der Waals surface area (Å²) < 4.78 is 0. The Morgan fingerprint density at radius 2 is 1.48 bits per heavy atom. The lowest BCUT2D eigenvalue weighted by Gasteiger charge is -2.09. The Bertz CT molecular complexity index is 1010. The van der Waals surface area contributed by atoms with Crippen LogP contribution < -0.4 is 16.2 Å². The molecule has 0 bridgehead atoms. The molecule has 0 radical (unpaired) electrons. The van der Waals surface area contributed by atoms with E-state index in [1.807, 2.05) is 0 Å². The van der Waals surface area contributed by atoms with Crippen LogP contribution in [0.15, 0.2) is 60.2 Å². The lowest BCUT2D eigenvalue weighted by atomic mass is 10.1. The van der Waals surface area contributed by atoms with Crippen LogP contribution in [-0.2, 0) is 9.59 Å². The van der Waals surface area contributed by atoms with Gasteiger partial charge >= 0.3 is 0 Å². The lowest BCUT2D eigenvalue weighted by Crippen LogP contribution is -2.48. The number of amides is 2. The van der Waals surface area contributed by atoms with Crippen molar-refractivity contribution in [3.63, 3.8) is 0 Å². The molecule has 0 aliphatic heterocycles. The molecule has 2 aromatic carbocycles. The van der Waals surface area contributed by atoms with Crippen molar-refractivity contribution < 1.29 is 9.59 Å². The minimum absolute atomic E-state index is 0.132. The van der Waals surface area contributed by atoms with Gasteiger partial charge in [-0.25, -0.2) is 0 Å². The number of carbonyl (C=O) groups excluding carboxylic acids is 2. The number of nitrogens with zero attached hydrogens (tertiary/aromatic N) is 1. The fourth-order valence-corrected chi connectivity index (χ4v) is 2.39. The first-order valence-electron chi connectivity index (χ1n) is 8.09. The number of carbonyl (C=O) groups is 2. The van der Waals surface area contributed by atoms with E-state index in [4.69, 9.17) is 40.7 Å². The number of thiocarbonyl (C=S) groups is 1. The number of hydrogen-bond donors (Lipinski definition) is 3. The molecule has 2 amide bonds. The molecule has 0 fully saturated rings. The van der Waals surface area contributed by atoms with Crippen molar-refractivity contribution in [2.75, 3.05) is 0 Å². The van der Waals surface area contributed by atoms with Gasteiger partial charge in [0.2, 0.25) is 5.91 Å². The number of benzene rings is 2. The molecule has 2 aromatic rings. The zero-order valence-corrected chi connectivity index (χ0v) is 17.1. The second-order valence-electron chi connectivity index (χ2n) is 5.50. The van der Waals surface area contributed by atoms with E-state index in [0.717, 1.165) is 5.56 Å². The largest absolute Gasteiger partial charge is 0.298 e. The first-order chi connectivity index (χ1) is 13.9. The molecular formula is C20H14Cl2N4O2S.